The number of alkyl halides is 3. The molecule has 2 heterocycles. The van der Waals surface area contributed by atoms with Crippen LogP contribution in [0.2, 0.25) is 0 Å². The Morgan fingerprint density at radius 2 is 1.64 bits per heavy atom. The number of piperidine rings is 2. The second-order valence-corrected chi connectivity index (χ2v) is 12.0. The Balaban J connectivity index is 1.62. The third-order valence-corrected chi connectivity index (χ3v) is 8.67. The molecule has 0 aliphatic carbocycles. The summed E-state index contributed by atoms with van der Waals surface area (Å²) in [5.41, 5.74) is -0.209. The molecule has 1 N–H and O–H groups in total. The van der Waals surface area contributed by atoms with Crippen molar-refractivity contribution in [2.45, 2.75) is 50.6 Å². The molecule has 0 bridgehead atoms. The Labute approximate surface area is 210 Å². The predicted octanol–water partition coefficient (Wildman–Crippen LogP) is 5.61. The van der Waals surface area contributed by atoms with Gasteiger partial charge in [-0.15, -0.1) is 0 Å². The number of hydrogen-bond donors (Lipinski definition) is 1. The van der Waals surface area contributed by atoms with Gasteiger partial charge < -0.3 is 10.2 Å². The van der Waals surface area contributed by atoms with Crippen molar-refractivity contribution in [1.82, 2.24) is 4.31 Å². The summed E-state index contributed by atoms with van der Waals surface area (Å²) in [6.45, 7) is 6.22. The number of nitrogens with one attached hydrogen (secondary N) is 1. The lowest BCUT2D eigenvalue weighted by Gasteiger charge is -2.34. The standard InChI is InChI=1S/C26H32F3N3O3S/c1-18-13-19(2)17-32(16-18)36(34,35)22-8-6-7-20(14-22)25(33)30-23-15-21(26(27,28)29)9-10-24(23)31-11-4-3-5-12-31/h6-10,14-15,18-19H,3-5,11-13,16-17H2,1-2H3,(H,30,33)/t18-,19-/m0/s1. The molecule has 196 valence electrons. The summed E-state index contributed by atoms with van der Waals surface area (Å²) in [6, 6.07) is 9.04. The molecule has 2 atom stereocenters. The van der Waals surface area contributed by atoms with Crippen molar-refractivity contribution < 1.29 is 26.4 Å². The maximum Gasteiger partial charge on any atom is 0.416 e. The van der Waals surface area contributed by atoms with Crippen molar-refractivity contribution in [3.63, 3.8) is 0 Å². The first-order chi connectivity index (χ1) is 16.9. The molecule has 0 spiro atoms. The molecule has 36 heavy (non-hydrogen) atoms. The summed E-state index contributed by atoms with van der Waals surface area (Å²) in [4.78, 5) is 15.1. The molecular weight excluding hydrogens is 491 g/mol. The molecule has 6 nitrogen and oxygen atoms in total. The first-order valence-electron chi connectivity index (χ1n) is 12.3. The maximum absolute atomic E-state index is 13.4. The Morgan fingerprint density at radius 1 is 0.972 bits per heavy atom. The van der Waals surface area contributed by atoms with E-state index in [2.05, 4.69) is 5.32 Å². The summed E-state index contributed by atoms with van der Waals surface area (Å²) in [7, 11) is -3.81. The number of carbonyl (C=O) groups is 1. The number of amides is 1. The smallest absolute Gasteiger partial charge is 0.370 e. The Morgan fingerprint density at radius 3 is 2.28 bits per heavy atom. The lowest BCUT2D eigenvalue weighted by molar-refractivity contribution is -0.137. The van der Waals surface area contributed by atoms with E-state index >= 15 is 0 Å². The average Bonchev–Trinajstić information content (AvgIpc) is 2.83. The minimum Gasteiger partial charge on any atom is -0.370 e. The van der Waals surface area contributed by atoms with Crippen molar-refractivity contribution >= 4 is 27.3 Å². The summed E-state index contributed by atoms with van der Waals surface area (Å²) in [5.74, 6) is -0.210. The summed E-state index contributed by atoms with van der Waals surface area (Å²) >= 11 is 0. The van der Waals surface area contributed by atoms with Gasteiger partial charge in [-0.1, -0.05) is 19.9 Å². The molecule has 0 unspecified atom stereocenters. The van der Waals surface area contributed by atoms with Crippen LogP contribution in [0.15, 0.2) is 47.4 Å². The van der Waals surface area contributed by atoms with E-state index in [0.717, 1.165) is 37.8 Å². The number of carbonyl (C=O) groups excluding carboxylic acids is 1. The van der Waals surface area contributed by atoms with Gasteiger partial charge in [0.15, 0.2) is 0 Å². The topological polar surface area (TPSA) is 69.7 Å². The molecule has 2 aromatic rings. The molecular formula is C26H32F3N3O3S. The van der Waals surface area contributed by atoms with Crippen molar-refractivity contribution in [3.8, 4) is 0 Å². The highest BCUT2D eigenvalue weighted by molar-refractivity contribution is 7.89. The van der Waals surface area contributed by atoms with Gasteiger partial charge in [-0.05, 0) is 73.9 Å². The third kappa shape index (κ3) is 5.86. The Bertz CT molecular complexity index is 1200. The summed E-state index contributed by atoms with van der Waals surface area (Å²) < 4.78 is 68.3. The highest BCUT2D eigenvalue weighted by Crippen LogP contribution is 2.36. The van der Waals surface area contributed by atoms with Crippen LogP contribution in [0.4, 0.5) is 24.5 Å². The number of hydrogen-bond acceptors (Lipinski definition) is 4. The highest BCUT2D eigenvalue weighted by Gasteiger charge is 2.33. The molecule has 2 aliphatic heterocycles. The molecule has 2 fully saturated rings. The van der Waals surface area contributed by atoms with E-state index in [1.807, 2.05) is 18.7 Å². The highest BCUT2D eigenvalue weighted by atomic mass is 32.2. The van der Waals surface area contributed by atoms with E-state index in [4.69, 9.17) is 0 Å². The van der Waals surface area contributed by atoms with E-state index in [1.54, 1.807) is 0 Å². The molecule has 0 radical (unpaired) electrons. The van der Waals surface area contributed by atoms with Crippen LogP contribution in [0.5, 0.6) is 0 Å². The van der Waals surface area contributed by atoms with Gasteiger partial charge >= 0.3 is 6.18 Å². The van der Waals surface area contributed by atoms with E-state index in [9.17, 15) is 26.4 Å². The van der Waals surface area contributed by atoms with Gasteiger partial charge in [-0.2, -0.15) is 17.5 Å². The van der Waals surface area contributed by atoms with Gasteiger partial charge in [-0.25, -0.2) is 8.42 Å². The van der Waals surface area contributed by atoms with E-state index < -0.39 is 27.7 Å². The minimum atomic E-state index is -4.56. The quantitative estimate of drug-likeness (QED) is 0.553. The van der Waals surface area contributed by atoms with Gasteiger partial charge in [0.1, 0.15) is 0 Å². The van der Waals surface area contributed by atoms with Crippen molar-refractivity contribution in [2.75, 3.05) is 36.4 Å². The van der Waals surface area contributed by atoms with Crippen LogP contribution in [-0.4, -0.2) is 44.8 Å². The van der Waals surface area contributed by atoms with Crippen LogP contribution in [-0.2, 0) is 16.2 Å². The fourth-order valence-corrected chi connectivity index (χ4v) is 6.89. The Kier molecular flexibility index (Phi) is 7.66. The summed E-state index contributed by atoms with van der Waals surface area (Å²) in [5, 5.41) is 2.62. The SMILES string of the molecule is C[C@H]1C[C@H](C)CN(S(=O)(=O)c2cccc(C(=O)Nc3cc(C(F)(F)F)ccc3N3CCCCC3)c2)C1. The second-order valence-electron chi connectivity index (χ2n) is 10.0. The van der Waals surface area contributed by atoms with Crippen LogP contribution < -0.4 is 10.2 Å². The lowest BCUT2D eigenvalue weighted by atomic mass is 9.94. The number of benzene rings is 2. The second kappa shape index (κ2) is 10.4. The third-order valence-electron chi connectivity index (χ3n) is 6.84. The van der Waals surface area contributed by atoms with Crippen molar-refractivity contribution in [1.29, 1.82) is 0 Å². The predicted molar refractivity (Wildman–Crippen MR) is 134 cm³/mol. The summed E-state index contributed by atoms with van der Waals surface area (Å²) in [6.07, 6.45) is -0.722. The largest absolute Gasteiger partial charge is 0.416 e. The molecule has 2 aromatic carbocycles. The zero-order valence-corrected chi connectivity index (χ0v) is 21.3. The molecule has 0 saturated carbocycles. The number of halogens is 3. The number of sulfonamides is 1. The molecule has 10 heteroatoms. The average molecular weight is 524 g/mol. The van der Waals surface area contributed by atoms with Crippen LogP contribution in [0.1, 0.15) is 55.5 Å². The van der Waals surface area contributed by atoms with Crippen molar-refractivity contribution in [2.24, 2.45) is 11.8 Å². The fraction of sp³-hybridized carbons (Fsp3) is 0.500. The number of rotatable bonds is 5. The lowest BCUT2D eigenvalue weighted by Crippen LogP contribution is -2.42. The molecule has 2 aliphatic rings. The van der Waals surface area contributed by atoms with Gasteiger partial charge in [0.25, 0.3) is 5.91 Å². The van der Waals surface area contributed by atoms with Gasteiger partial charge in [0.2, 0.25) is 10.0 Å². The van der Waals surface area contributed by atoms with Gasteiger partial charge in [-0.3, -0.25) is 4.79 Å². The molecule has 4 rings (SSSR count). The minimum absolute atomic E-state index is 0.00301. The molecule has 2 saturated heterocycles. The van der Waals surface area contributed by atoms with Crippen LogP contribution in [0.25, 0.3) is 0 Å². The van der Waals surface area contributed by atoms with Crippen LogP contribution >= 0.6 is 0 Å². The zero-order valence-electron chi connectivity index (χ0n) is 20.5. The van der Waals surface area contributed by atoms with E-state index in [1.165, 1.54) is 34.6 Å². The van der Waals surface area contributed by atoms with Gasteiger partial charge in [0.05, 0.1) is 21.8 Å². The molecule has 1 amide bonds. The molecule has 0 aromatic heterocycles. The van der Waals surface area contributed by atoms with E-state index in [-0.39, 0.29) is 28.0 Å². The zero-order chi connectivity index (χ0) is 26.1. The number of anilines is 2. The van der Waals surface area contributed by atoms with Crippen molar-refractivity contribution in [3.05, 3.63) is 53.6 Å². The fourth-order valence-electron chi connectivity index (χ4n) is 5.17. The van der Waals surface area contributed by atoms with E-state index in [0.29, 0.717) is 31.9 Å². The number of nitrogens with zero attached hydrogens (tertiary/aromatic N) is 2. The first kappa shape index (κ1) is 26.5. The maximum atomic E-state index is 13.4. The normalized spacial score (nSPS) is 21.9. The Hall–Kier alpha value is -2.59. The monoisotopic (exact) mass is 523 g/mol. The first-order valence-corrected chi connectivity index (χ1v) is 13.8. The van der Waals surface area contributed by atoms with Gasteiger partial charge in [0, 0.05) is 31.7 Å². The van der Waals surface area contributed by atoms with Crippen LogP contribution in [0, 0.1) is 11.8 Å². The van der Waals surface area contributed by atoms with Crippen LogP contribution in [0.3, 0.4) is 0 Å².